The van der Waals surface area contributed by atoms with Crippen LogP contribution in [0.1, 0.15) is 24.6 Å². The van der Waals surface area contributed by atoms with Crippen LogP contribution in [0.2, 0.25) is 0 Å². The molecule has 0 saturated heterocycles. The number of aromatic amines is 1. The normalized spacial score (nSPS) is 15.7. The molecule has 1 fully saturated rings. The van der Waals surface area contributed by atoms with E-state index < -0.39 is 0 Å². The fourth-order valence-electron chi connectivity index (χ4n) is 1.61. The lowest BCUT2D eigenvalue weighted by Gasteiger charge is -1.94. The summed E-state index contributed by atoms with van der Waals surface area (Å²) in [6, 6.07) is 10.9. The molecule has 2 aromatic rings. The molecule has 1 aromatic heterocycles. The quantitative estimate of drug-likeness (QED) is 0.762. The van der Waals surface area contributed by atoms with E-state index in [0.717, 1.165) is 11.5 Å². The third-order valence-corrected chi connectivity index (χ3v) is 2.59. The van der Waals surface area contributed by atoms with E-state index in [1.165, 1.54) is 18.4 Å². The van der Waals surface area contributed by atoms with E-state index in [-0.39, 0.29) is 0 Å². The maximum Gasteiger partial charge on any atom is 0.109 e. The molecule has 0 bridgehead atoms. The number of benzene rings is 1. The molecule has 1 saturated carbocycles. The summed E-state index contributed by atoms with van der Waals surface area (Å²) < 4.78 is 0. The van der Waals surface area contributed by atoms with Gasteiger partial charge in [-0.25, -0.2) is 4.98 Å². The number of hydrogen-bond donors (Lipinski definition) is 1. The molecule has 1 aliphatic rings. The van der Waals surface area contributed by atoms with Crippen LogP contribution >= 0.6 is 0 Å². The molecule has 2 nitrogen and oxygen atoms in total. The zero-order valence-electron chi connectivity index (χ0n) is 7.83. The van der Waals surface area contributed by atoms with E-state index in [0.29, 0.717) is 5.92 Å². The fraction of sp³-hybridized carbons (Fsp3) is 0.250. The van der Waals surface area contributed by atoms with E-state index in [4.69, 9.17) is 0 Å². The Morgan fingerprint density at radius 3 is 2.79 bits per heavy atom. The first-order chi connectivity index (χ1) is 6.93. The highest BCUT2D eigenvalue weighted by molar-refractivity contribution is 5.58. The summed E-state index contributed by atoms with van der Waals surface area (Å²) in [5.41, 5.74) is 2.30. The second kappa shape index (κ2) is 2.98. The first-order valence-electron chi connectivity index (χ1n) is 4.95. The Balaban J connectivity index is 1.96. The second-order valence-electron chi connectivity index (χ2n) is 3.75. The van der Waals surface area contributed by atoms with Crippen molar-refractivity contribution < 1.29 is 0 Å². The molecule has 0 aliphatic heterocycles. The summed E-state index contributed by atoms with van der Waals surface area (Å²) in [5, 5.41) is 0. The zero-order valence-corrected chi connectivity index (χ0v) is 7.83. The Bertz CT molecular complexity index is 427. The lowest BCUT2D eigenvalue weighted by Crippen LogP contribution is -1.81. The minimum Gasteiger partial charge on any atom is -0.342 e. The van der Waals surface area contributed by atoms with Crippen molar-refractivity contribution in [3.05, 3.63) is 42.4 Å². The van der Waals surface area contributed by atoms with E-state index in [9.17, 15) is 0 Å². The van der Waals surface area contributed by atoms with Gasteiger partial charge >= 0.3 is 0 Å². The van der Waals surface area contributed by atoms with Crippen molar-refractivity contribution in [1.29, 1.82) is 0 Å². The molecule has 69 valence electrons. The standard InChI is InChI=1S/C12H11N2/c1-2-4-9(5-3-1)11-8-13-12(14-11)10-6-7-10/h2-5,8,10H,6-7H2,(H,13,14). The molecular weight excluding hydrogens is 172 g/mol. The molecule has 0 unspecified atom stereocenters. The van der Waals surface area contributed by atoms with Crippen molar-refractivity contribution >= 4 is 0 Å². The molecule has 14 heavy (non-hydrogen) atoms. The van der Waals surface area contributed by atoms with Gasteiger partial charge in [0.2, 0.25) is 0 Å². The van der Waals surface area contributed by atoms with Gasteiger partial charge in [0.1, 0.15) is 5.82 Å². The highest BCUT2D eigenvalue weighted by atomic mass is 14.9. The van der Waals surface area contributed by atoms with Crippen molar-refractivity contribution in [3.8, 4) is 11.3 Å². The van der Waals surface area contributed by atoms with Gasteiger partial charge in [-0.1, -0.05) is 24.3 Å². The van der Waals surface area contributed by atoms with Crippen LogP contribution in [0.3, 0.4) is 0 Å². The molecule has 2 heteroatoms. The maximum absolute atomic E-state index is 4.39. The summed E-state index contributed by atoms with van der Waals surface area (Å²) in [6.07, 6.45) is 4.49. The van der Waals surface area contributed by atoms with Crippen LogP contribution in [0, 0.1) is 6.07 Å². The molecule has 3 rings (SSSR count). The number of aromatic nitrogens is 2. The Hall–Kier alpha value is -1.57. The van der Waals surface area contributed by atoms with Crippen LogP contribution in [-0.2, 0) is 0 Å². The molecule has 1 aliphatic carbocycles. The number of H-pyrrole nitrogens is 1. The predicted octanol–water partition coefficient (Wildman–Crippen LogP) is 2.75. The maximum atomic E-state index is 4.39. The predicted molar refractivity (Wildman–Crippen MR) is 54.8 cm³/mol. The van der Waals surface area contributed by atoms with Crippen molar-refractivity contribution in [2.75, 3.05) is 0 Å². The average molecular weight is 183 g/mol. The van der Waals surface area contributed by atoms with Crippen molar-refractivity contribution in [2.24, 2.45) is 0 Å². The van der Waals surface area contributed by atoms with Crippen molar-refractivity contribution in [2.45, 2.75) is 18.8 Å². The van der Waals surface area contributed by atoms with Crippen LogP contribution in [0.4, 0.5) is 0 Å². The molecule has 1 N–H and O–H groups in total. The van der Waals surface area contributed by atoms with Crippen LogP contribution in [0.15, 0.2) is 30.5 Å². The highest BCUT2D eigenvalue weighted by Gasteiger charge is 2.26. The van der Waals surface area contributed by atoms with Gasteiger partial charge < -0.3 is 4.98 Å². The number of hydrogen-bond acceptors (Lipinski definition) is 1. The van der Waals surface area contributed by atoms with Gasteiger partial charge in [-0.05, 0) is 24.5 Å². The zero-order chi connectivity index (χ0) is 9.38. The molecule has 0 atom stereocenters. The number of nitrogens with one attached hydrogen (secondary N) is 1. The van der Waals surface area contributed by atoms with Crippen molar-refractivity contribution in [3.63, 3.8) is 0 Å². The van der Waals surface area contributed by atoms with E-state index in [1.54, 1.807) is 0 Å². The van der Waals surface area contributed by atoms with Crippen LogP contribution in [0.25, 0.3) is 11.3 Å². The van der Waals surface area contributed by atoms with Gasteiger partial charge in [-0.3, -0.25) is 0 Å². The fourth-order valence-corrected chi connectivity index (χ4v) is 1.61. The van der Waals surface area contributed by atoms with Crippen LogP contribution < -0.4 is 0 Å². The minimum atomic E-state index is 0.694. The van der Waals surface area contributed by atoms with Gasteiger partial charge in [0, 0.05) is 5.92 Å². The molecule has 0 spiro atoms. The first-order valence-corrected chi connectivity index (χ1v) is 4.95. The van der Waals surface area contributed by atoms with Crippen molar-refractivity contribution in [1.82, 2.24) is 9.97 Å². The first kappa shape index (κ1) is 7.80. The molecule has 1 heterocycles. The van der Waals surface area contributed by atoms with Gasteiger partial charge in [-0.15, -0.1) is 0 Å². The second-order valence-corrected chi connectivity index (χ2v) is 3.75. The summed E-state index contributed by atoms with van der Waals surface area (Å²) in [5.74, 6) is 1.84. The lowest BCUT2D eigenvalue weighted by molar-refractivity contribution is 0.977. The van der Waals surface area contributed by atoms with Crippen LogP contribution in [-0.4, -0.2) is 9.97 Å². The van der Waals surface area contributed by atoms with E-state index in [1.807, 2.05) is 30.5 Å². The smallest absolute Gasteiger partial charge is 0.109 e. The third kappa shape index (κ3) is 1.33. The topological polar surface area (TPSA) is 28.7 Å². The Morgan fingerprint density at radius 2 is 2.07 bits per heavy atom. The molecule has 0 amide bonds. The van der Waals surface area contributed by atoms with Gasteiger partial charge in [0.15, 0.2) is 0 Å². The summed E-state index contributed by atoms with van der Waals surface area (Å²) in [7, 11) is 0. The Labute approximate surface area is 83.0 Å². The van der Waals surface area contributed by atoms with Gasteiger partial charge in [0.25, 0.3) is 0 Å². The summed E-state index contributed by atoms with van der Waals surface area (Å²) in [6.45, 7) is 0. The van der Waals surface area contributed by atoms with Gasteiger partial charge in [-0.2, -0.15) is 0 Å². The Morgan fingerprint density at radius 1 is 1.29 bits per heavy atom. The minimum absolute atomic E-state index is 0.694. The number of nitrogens with zero attached hydrogens (tertiary/aromatic N) is 1. The average Bonchev–Trinajstić information content (AvgIpc) is 2.98. The summed E-state index contributed by atoms with van der Waals surface area (Å²) >= 11 is 0. The monoisotopic (exact) mass is 183 g/mol. The Kier molecular flexibility index (Phi) is 1.66. The third-order valence-electron chi connectivity index (χ3n) is 2.59. The van der Waals surface area contributed by atoms with Crippen LogP contribution in [0.5, 0.6) is 0 Å². The SMILES string of the molecule is [c]1ccc(-c2cnc(C3CC3)[nH]2)cc1. The lowest BCUT2D eigenvalue weighted by atomic mass is 10.2. The van der Waals surface area contributed by atoms with E-state index in [2.05, 4.69) is 16.0 Å². The van der Waals surface area contributed by atoms with Gasteiger partial charge in [0.05, 0.1) is 11.9 Å². The molecule has 1 aromatic carbocycles. The van der Waals surface area contributed by atoms with E-state index >= 15 is 0 Å². The molecular formula is C12H11N2. The number of imidazole rings is 1. The number of rotatable bonds is 2. The highest BCUT2D eigenvalue weighted by Crippen LogP contribution is 2.38. The summed E-state index contributed by atoms with van der Waals surface area (Å²) in [4.78, 5) is 7.76. The largest absolute Gasteiger partial charge is 0.342 e. The molecule has 1 radical (unpaired) electrons.